The number of carbonyl (C=O) groups is 2. The van der Waals surface area contributed by atoms with Crippen molar-refractivity contribution in [3.63, 3.8) is 0 Å². The Kier molecular flexibility index (Phi) is 4.93. The molecule has 0 unspecified atom stereocenters. The molecule has 92 valence electrons. The fraction of sp³-hybridized carbons (Fsp3) is 0.364. The lowest BCUT2D eigenvalue weighted by atomic mass is 10.2. The zero-order valence-electron chi connectivity index (χ0n) is 9.56. The van der Waals surface area contributed by atoms with E-state index >= 15 is 0 Å². The fourth-order valence-electron chi connectivity index (χ4n) is 1.32. The van der Waals surface area contributed by atoms with E-state index in [-0.39, 0.29) is 11.5 Å². The quantitative estimate of drug-likeness (QED) is 0.678. The number of carboxylic acid groups (broad SMARTS) is 1. The number of pyridine rings is 1. The molecule has 1 heterocycles. The molecule has 0 aliphatic heterocycles. The molecular weight excluding hydrogens is 222 g/mol. The number of nitrogens with one attached hydrogen (secondary N) is 2. The first-order chi connectivity index (χ1) is 8.15. The molecule has 0 aliphatic rings. The van der Waals surface area contributed by atoms with Crippen LogP contribution in [0.3, 0.4) is 0 Å². The number of aromatic nitrogens is 1. The van der Waals surface area contributed by atoms with E-state index in [1.165, 1.54) is 12.4 Å². The predicted octanol–water partition coefficient (Wildman–Crippen LogP) is 0.718. The Morgan fingerprint density at radius 2 is 2.24 bits per heavy atom. The summed E-state index contributed by atoms with van der Waals surface area (Å²) in [6.45, 7) is 2.82. The molecule has 0 aromatic carbocycles. The average molecular weight is 237 g/mol. The van der Waals surface area contributed by atoms with Gasteiger partial charge in [0.05, 0.1) is 5.69 Å². The second-order valence-corrected chi connectivity index (χ2v) is 3.36. The molecule has 1 rings (SSSR count). The number of carboxylic acids is 1. The molecule has 1 aromatic rings. The third-order valence-corrected chi connectivity index (χ3v) is 2.09. The highest BCUT2D eigenvalue weighted by atomic mass is 16.4. The Hall–Kier alpha value is -2.11. The van der Waals surface area contributed by atoms with Gasteiger partial charge in [-0.2, -0.15) is 0 Å². The van der Waals surface area contributed by atoms with Gasteiger partial charge in [-0.3, -0.25) is 9.78 Å². The summed E-state index contributed by atoms with van der Waals surface area (Å²) in [4.78, 5) is 25.8. The van der Waals surface area contributed by atoms with Crippen molar-refractivity contribution in [3.8, 4) is 0 Å². The number of anilines is 1. The molecule has 0 saturated carbocycles. The van der Waals surface area contributed by atoms with Gasteiger partial charge in [0.15, 0.2) is 0 Å². The lowest BCUT2D eigenvalue weighted by Crippen LogP contribution is -2.25. The van der Waals surface area contributed by atoms with Crippen LogP contribution in [0.15, 0.2) is 18.5 Å². The maximum absolute atomic E-state index is 11.2. The van der Waals surface area contributed by atoms with E-state index in [2.05, 4.69) is 15.6 Å². The van der Waals surface area contributed by atoms with Gasteiger partial charge in [-0.15, -0.1) is 0 Å². The van der Waals surface area contributed by atoms with Crippen molar-refractivity contribution < 1.29 is 14.7 Å². The zero-order chi connectivity index (χ0) is 12.7. The van der Waals surface area contributed by atoms with Crippen molar-refractivity contribution in [1.29, 1.82) is 0 Å². The highest BCUT2D eigenvalue weighted by molar-refractivity contribution is 5.93. The Morgan fingerprint density at radius 3 is 2.88 bits per heavy atom. The van der Waals surface area contributed by atoms with Gasteiger partial charge in [-0.25, -0.2) is 4.79 Å². The number of aromatic carboxylic acids is 1. The van der Waals surface area contributed by atoms with E-state index in [1.807, 2.05) is 6.92 Å². The number of nitrogens with zero attached hydrogens (tertiary/aromatic N) is 1. The molecule has 0 aliphatic carbocycles. The van der Waals surface area contributed by atoms with Crippen LogP contribution in [0.1, 0.15) is 23.7 Å². The molecule has 1 amide bonds. The number of rotatable bonds is 6. The predicted molar refractivity (Wildman–Crippen MR) is 63.0 cm³/mol. The van der Waals surface area contributed by atoms with Crippen molar-refractivity contribution in [1.82, 2.24) is 10.3 Å². The molecule has 6 nitrogen and oxygen atoms in total. The first-order valence-electron chi connectivity index (χ1n) is 5.33. The molecule has 3 N–H and O–H groups in total. The van der Waals surface area contributed by atoms with Gasteiger partial charge in [0, 0.05) is 31.9 Å². The lowest BCUT2D eigenvalue weighted by Gasteiger charge is -2.08. The van der Waals surface area contributed by atoms with Gasteiger partial charge in [-0.05, 0) is 13.0 Å². The van der Waals surface area contributed by atoms with E-state index in [4.69, 9.17) is 5.11 Å². The van der Waals surface area contributed by atoms with Crippen LogP contribution in [0, 0.1) is 0 Å². The average Bonchev–Trinajstić information content (AvgIpc) is 2.30. The largest absolute Gasteiger partial charge is 0.478 e. The zero-order valence-corrected chi connectivity index (χ0v) is 9.56. The molecule has 0 saturated heterocycles. The van der Waals surface area contributed by atoms with Gasteiger partial charge < -0.3 is 15.7 Å². The molecule has 17 heavy (non-hydrogen) atoms. The summed E-state index contributed by atoms with van der Waals surface area (Å²) in [7, 11) is 0. The van der Waals surface area contributed by atoms with Crippen LogP contribution in [0.2, 0.25) is 0 Å². The molecule has 0 fully saturated rings. The highest BCUT2D eigenvalue weighted by Gasteiger charge is 2.09. The minimum absolute atomic E-state index is 0.0640. The summed E-state index contributed by atoms with van der Waals surface area (Å²) in [5.41, 5.74) is 0.570. The first-order valence-corrected chi connectivity index (χ1v) is 5.33. The summed E-state index contributed by atoms with van der Waals surface area (Å²) >= 11 is 0. The fourth-order valence-corrected chi connectivity index (χ4v) is 1.32. The summed E-state index contributed by atoms with van der Waals surface area (Å²) in [6.07, 6.45) is 3.08. The third kappa shape index (κ3) is 4.10. The van der Waals surface area contributed by atoms with Crippen molar-refractivity contribution in [2.24, 2.45) is 0 Å². The van der Waals surface area contributed by atoms with E-state index in [0.29, 0.717) is 25.2 Å². The highest BCUT2D eigenvalue weighted by Crippen LogP contribution is 2.12. The Balaban J connectivity index is 2.52. The summed E-state index contributed by atoms with van der Waals surface area (Å²) in [5, 5.41) is 14.5. The summed E-state index contributed by atoms with van der Waals surface area (Å²) in [6, 6.07) is 1.57. The van der Waals surface area contributed by atoms with Gasteiger partial charge in [0.2, 0.25) is 5.91 Å². The molecule has 0 bridgehead atoms. The van der Waals surface area contributed by atoms with Crippen LogP contribution in [0.4, 0.5) is 5.69 Å². The normalized spacial score (nSPS) is 9.71. The van der Waals surface area contributed by atoms with Crippen LogP contribution in [-0.2, 0) is 4.79 Å². The Morgan fingerprint density at radius 1 is 1.47 bits per heavy atom. The van der Waals surface area contributed by atoms with Gasteiger partial charge in [0.25, 0.3) is 0 Å². The maximum Gasteiger partial charge on any atom is 0.339 e. The molecule has 6 heteroatoms. The Labute approximate surface area is 99.1 Å². The number of hydrogen-bond acceptors (Lipinski definition) is 4. The molecular formula is C11H15N3O3. The lowest BCUT2D eigenvalue weighted by molar-refractivity contribution is -0.120. The van der Waals surface area contributed by atoms with Crippen LogP contribution in [0.25, 0.3) is 0 Å². The molecule has 0 radical (unpaired) electrons. The molecule has 0 atom stereocenters. The number of hydrogen-bond donors (Lipinski definition) is 3. The van der Waals surface area contributed by atoms with Crippen LogP contribution < -0.4 is 10.6 Å². The third-order valence-electron chi connectivity index (χ3n) is 2.09. The van der Waals surface area contributed by atoms with Crippen molar-refractivity contribution in [3.05, 3.63) is 24.0 Å². The van der Waals surface area contributed by atoms with Crippen molar-refractivity contribution in [2.45, 2.75) is 13.3 Å². The van der Waals surface area contributed by atoms with Gasteiger partial charge in [-0.1, -0.05) is 0 Å². The standard InChI is InChI=1S/C11H15N3O3/c1-2-13-10(15)4-6-14-9-3-5-12-7-8(9)11(16)17/h3,5,7H,2,4,6H2,1H3,(H,12,14)(H,13,15)(H,16,17). The van der Waals surface area contributed by atoms with Crippen molar-refractivity contribution in [2.75, 3.05) is 18.4 Å². The summed E-state index contributed by atoms with van der Waals surface area (Å²) < 4.78 is 0. The maximum atomic E-state index is 11.2. The number of amides is 1. The van der Waals surface area contributed by atoms with E-state index < -0.39 is 5.97 Å². The number of carbonyl (C=O) groups excluding carboxylic acids is 1. The Bertz CT molecular complexity index is 407. The second-order valence-electron chi connectivity index (χ2n) is 3.36. The van der Waals surface area contributed by atoms with E-state index in [0.717, 1.165) is 0 Å². The molecule has 1 aromatic heterocycles. The molecule has 0 spiro atoms. The minimum atomic E-state index is -1.04. The van der Waals surface area contributed by atoms with Crippen LogP contribution in [0.5, 0.6) is 0 Å². The second kappa shape index (κ2) is 6.47. The van der Waals surface area contributed by atoms with Crippen LogP contribution in [-0.4, -0.2) is 35.1 Å². The topological polar surface area (TPSA) is 91.3 Å². The van der Waals surface area contributed by atoms with E-state index in [1.54, 1.807) is 6.07 Å². The smallest absolute Gasteiger partial charge is 0.339 e. The monoisotopic (exact) mass is 237 g/mol. The first kappa shape index (κ1) is 13.0. The van der Waals surface area contributed by atoms with Gasteiger partial charge >= 0.3 is 5.97 Å². The van der Waals surface area contributed by atoms with Gasteiger partial charge in [0.1, 0.15) is 5.56 Å². The minimum Gasteiger partial charge on any atom is -0.478 e. The summed E-state index contributed by atoms with van der Waals surface area (Å²) in [5.74, 6) is -1.11. The SMILES string of the molecule is CCNC(=O)CCNc1ccncc1C(=O)O. The van der Waals surface area contributed by atoms with E-state index in [9.17, 15) is 9.59 Å². The van der Waals surface area contributed by atoms with Crippen LogP contribution >= 0.6 is 0 Å². The van der Waals surface area contributed by atoms with Crippen molar-refractivity contribution >= 4 is 17.6 Å².